The lowest BCUT2D eigenvalue weighted by Gasteiger charge is -2.28. The summed E-state index contributed by atoms with van der Waals surface area (Å²) in [6.45, 7) is 9.71. The minimum Gasteiger partial charge on any atom is -0.490 e. The summed E-state index contributed by atoms with van der Waals surface area (Å²) < 4.78 is 17.5. The number of ether oxygens (including phenoxy) is 3. The first-order chi connectivity index (χ1) is 18.1. The average molecular weight is 502 g/mol. The van der Waals surface area contributed by atoms with Gasteiger partial charge < -0.3 is 19.1 Å². The number of allylic oxidation sites excluding steroid dienone is 1. The van der Waals surface area contributed by atoms with E-state index in [2.05, 4.69) is 28.6 Å². The van der Waals surface area contributed by atoms with Crippen LogP contribution >= 0.6 is 0 Å². The van der Waals surface area contributed by atoms with E-state index in [0.717, 1.165) is 43.1 Å². The molecular weight excluding hydrogens is 470 g/mol. The van der Waals surface area contributed by atoms with Gasteiger partial charge >= 0.3 is 0 Å². The average Bonchev–Trinajstić information content (AvgIpc) is 2.93. The van der Waals surface area contributed by atoms with Gasteiger partial charge in [0.25, 0.3) is 5.69 Å². The quantitative estimate of drug-likeness (QED) is 0.141. The van der Waals surface area contributed by atoms with Crippen molar-refractivity contribution in [3.8, 4) is 11.5 Å². The smallest absolute Gasteiger partial charge is 0.269 e. The molecule has 0 aliphatic carbocycles. The maximum Gasteiger partial charge on any atom is 0.269 e. The fourth-order valence-electron chi connectivity index (χ4n) is 4.13. The van der Waals surface area contributed by atoms with Gasteiger partial charge in [-0.25, -0.2) is 0 Å². The van der Waals surface area contributed by atoms with Crippen molar-refractivity contribution >= 4 is 23.3 Å². The Morgan fingerprint density at radius 1 is 1.11 bits per heavy atom. The van der Waals surface area contributed by atoms with Crippen LogP contribution in [0.1, 0.15) is 23.6 Å². The first-order valence-electron chi connectivity index (χ1n) is 12.3. The van der Waals surface area contributed by atoms with E-state index >= 15 is 0 Å². The summed E-state index contributed by atoms with van der Waals surface area (Å²) in [7, 11) is 0. The molecule has 0 bridgehead atoms. The van der Waals surface area contributed by atoms with Gasteiger partial charge in [-0.1, -0.05) is 18.2 Å². The van der Waals surface area contributed by atoms with Crippen molar-refractivity contribution in [3.63, 3.8) is 0 Å². The molecule has 37 heavy (non-hydrogen) atoms. The molecule has 0 saturated carbocycles. The number of aliphatic imine (C=N–C) groups is 1. The molecule has 4 rings (SSSR count). The minimum absolute atomic E-state index is 0.0296. The maximum atomic E-state index is 11.1. The molecule has 0 unspecified atom stereocenters. The Kier molecular flexibility index (Phi) is 8.89. The van der Waals surface area contributed by atoms with Crippen LogP contribution in [0.2, 0.25) is 0 Å². The summed E-state index contributed by atoms with van der Waals surface area (Å²) in [5, 5.41) is 11.1. The first-order valence-corrected chi connectivity index (χ1v) is 12.3. The zero-order valence-corrected chi connectivity index (χ0v) is 21.0. The van der Waals surface area contributed by atoms with Crippen LogP contribution in [0.15, 0.2) is 78.3 Å². The van der Waals surface area contributed by atoms with Gasteiger partial charge in [-0.05, 0) is 60.9 Å². The van der Waals surface area contributed by atoms with E-state index in [1.165, 1.54) is 17.8 Å². The predicted molar refractivity (Wildman–Crippen MR) is 146 cm³/mol. The first kappa shape index (κ1) is 25.9. The Morgan fingerprint density at radius 3 is 2.59 bits per heavy atom. The van der Waals surface area contributed by atoms with E-state index in [0.29, 0.717) is 30.1 Å². The third kappa shape index (κ3) is 6.95. The molecule has 0 amide bonds. The summed E-state index contributed by atoms with van der Waals surface area (Å²) in [5.74, 6) is 1.19. The summed E-state index contributed by atoms with van der Waals surface area (Å²) in [6.07, 6.45) is 4.18. The molecule has 3 aromatic rings. The SMILES string of the molecule is C=CCc1cc(C=Nc2ccc(N3CCOCC3)cc2)cc(OCC)c1OCc1cccc([N+](=O)[O-])c1. The van der Waals surface area contributed by atoms with Crippen LogP contribution in [-0.4, -0.2) is 44.0 Å². The van der Waals surface area contributed by atoms with Gasteiger partial charge in [-0.3, -0.25) is 15.1 Å². The van der Waals surface area contributed by atoms with Crippen molar-refractivity contribution in [2.45, 2.75) is 20.0 Å². The highest BCUT2D eigenvalue weighted by Gasteiger charge is 2.15. The standard InChI is InChI=1S/C29H31N3O5/c1-3-6-24-17-23(20-30-25-9-11-26(12-10-25)31-13-15-35-16-14-31)19-28(36-4-2)29(24)37-21-22-7-5-8-27(18-22)32(33)34/h3,5,7-12,17-20H,1,4,6,13-16,21H2,2H3. The largest absolute Gasteiger partial charge is 0.490 e. The van der Waals surface area contributed by atoms with E-state index < -0.39 is 4.92 Å². The van der Waals surface area contributed by atoms with E-state index in [4.69, 9.17) is 14.2 Å². The molecule has 0 aromatic heterocycles. The lowest BCUT2D eigenvalue weighted by atomic mass is 10.1. The normalized spacial score (nSPS) is 13.5. The summed E-state index contributed by atoms with van der Waals surface area (Å²) >= 11 is 0. The van der Waals surface area contributed by atoms with Gasteiger partial charge in [0.15, 0.2) is 11.5 Å². The molecule has 0 spiro atoms. The Bertz CT molecular complexity index is 1250. The molecule has 0 radical (unpaired) electrons. The number of non-ortho nitro benzene ring substituents is 1. The third-order valence-electron chi connectivity index (χ3n) is 5.91. The van der Waals surface area contributed by atoms with Gasteiger partial charge in [0.05, 0.1) is 30.4 Å². The summed E-state index contributed by atoms with van der Waals surface area (Å²) in [4.78, 5) is 17.7. The molecule has 192 valence electrons. The number of benzene rings is 3. The number of anilines is 1. The molecule has 3 aromatic carbocycles. The number of hydrogen-bond acceptors (Lipinski definition) is 7. The molecule has 1 fully saturated rings. The summed E-state index contributed by atoms with van der Waals surface area (Å²) in [6, 6.07) is 18.5. The second-order valence-electron chi connectivity index (χ2n) is 8.52. The maximum absolute atomic E-state index is 11.1. The highest BCUT2D eigenvalue weighted by atomic mass is 16.6. The molecule has 8 nitrogen and oxygen atoms in total. The number of rotatable bonds is 11. The highest BCUT2D eigenvalue weighted by molar-refractivity contribution is 5.84. The Balaban J connectivity index is 1.54. The molecule has 0 N–H and O–H groups in total. The number of hydrogen-bond donors (Lipinski definition) is 0. The van der Waals surface area contributed by atoms with Crippen molar-refractivity contribution in [2.24, 2.45) is 4.99 Å². The van der Waals surface area contributed by atoms with Gasteiger partial charge in [-0.2, -0.15) is 0 Å². The fourth-order valence-corrected chi connectivity index (χ4v) is 4.13. The number of nitrogens with zero attached hydrogens (tertiary/aromatic N) is 3. The molecule has 1 aliphatic rings. The van der Waals surface area contributed by atoms with Gasteiger partial charge in [0.1, 0.15) is 6.61 Å². The van der Waals surface area contributed by atoms with Crippen molar-refractivity contribution in [3.05, 3.63) is 100 Å². The van der Waals surface area contributed by atoms with Crippen LogP contribution in [0.3, 0.4) is 0 Å². The summed E-state index contributed by atoms with van der Waals surface area (Å²) in [5.41, 5.74) is 4.52. The lowest BCUT2D eigenvalue weighted by Crippen LogP contribution is -2.36. The van der Waals surface area contributed by atoms with Gasteiger partial charge in [0, 0.05) is 42.7 Å². The van der Waals surface area contributed by atoms with E-state index in [1.807, 2.05) is 37.4 Å². The Morgan fingerprint density at radius 2 is 1.89 bits per heavy atom. The van der Waals surface area contributed by atoms with Crippen molar-refractivity contribution in [1.29, 1.82) is 0 Å². The number of nitro groups is 1. The van der Waals surface area contributed by atoms with Gasteiger partial charge in [0.2, 0.25) is 0 Å². The van der Waals surface area contributed by atoms with E-state index in [-0.39, 0.29) is 12.3 Å². The van der Waals surface area contributed by atoms with Crippen molar-refractivity contribution in [1.82, 2.24) is 0 Å². The monoisotopic (exact) mass is 501 g/mol. The molecule has 1 heterocycles. The fraction of sp³-hybridized carbons (Fsp3) is 0.276. The van der Waals surface area contributed by atoms with Gasteiger partial charge in [-0.15, -0.1) is 6.58 Å². The predicted octanol–water partition coefficient (Wildman–Crippen LogP) is 5.89. The third-order valence-corrected chi connectivity index (χ3v) is 5.91. The van der Waals surface area contributed by atoms with E-state index in [1.54, 1.807) is 18.2 Å². The lowest BCUT2D eigenvalue weighted by molar-refractivity contribution is -0.384. The second kappa shape index (κ2) is 12.7. The molecular formula is C29H31N3O5. The van der Waals surface area contributed by atoms with Crippen molar-refractivity contribution < 1.29 is 19.1 Å². The van der Waals surface area contributed by atoms with Crippen LogP contribution in [-0.2, 0) is 17.8 Å². The molecule has 1 saturated heterocycles. The van der Waals surface area contributed by atoms with Crippen LogP contribution in [0.25, 0.3) is 0 Å². The van der Waals surface area contributed by atoms with Crippen LogP contribution < -0.4 is 14.4 Å². The second-order valence-corrected chi connectivity index (χ2v) is 8.52. The zero-order valence-electron chi connectivity index (χ0n) is 21.0. The highest BCUT2D eigenvalue weighted by Crippen LogP contribution is 2.35. The molecule has 8 heteroatoms. The van der Waals surface area contributed by atoms with Crippen molar-refractivity contribution in [2.75, 3.05) is 37.8 Å². The minimum atomic E-state index is -0.414. The molecule has 0 atom stereocenters. The van der Waals surface area contributed by atoms with Crippen LogP contribution in [0, 0.1) is 10.1 Å². The zero-order chi connectivity index (χ0) is 26.0. The van der Waals surface area contributed by atoms with Crippen LogP contribution in [0.4, 0.5) is 17.1 Å². The van der Waals surface area contributed by atoms with Crippen LogP contribution in [0.5, 0.6) is 11.5 Å². The Labute approximate surface area is 217 Å². The number of nitro benzene ring substituents is 1. The van der Waals surface area contributed by atoms with E-state index in [9.17, 15) is 10.1 Å². The number of morpholine rings is 1. The Hall–Kier alpha value is -4.17. The topological polar surface area (TPSA) is 86.4 Å². The molecule has 1 aliphatic heterocycles.